The summed E-state index contributed by atoms with van der Waals surface area (Å²) in [6.07, 6.45) is 4.64. The highest BCUT2D eigenvalue weighted by Crippen LogP contribution is 2.07. The van der Waals surface area contributed by atoms with Crippen molar-refractivity contribution in [1.29, 1.82) is 0 Å². The summed E-state index contributed by atoms with van der Waals surface area (Å²) in [5.41, 5.74) is 0.963. The van der Waals surface area contributed by atoms with Crippen molar-refractivity contribution in [1.82, 2.24) is 14.9 Å². The van der Waals surface area contributed by atoms with Crippen molar-refractivity contribution in [3.63, 3.8) is 0 Å². The minimum atomic E-state index is 0.711. The lowest BCUT2D eigenvalue weighted by atomic mass is 10.2. The molecule has 14 heavy (non-hydrogen) atoms. The molecule has 0 unspecified atom stereocenters. The number of halogens is 1. The summed E-state index contributed by atoms with van der Waals surface area (Å²) in [5, 5.41) is 8.58. The van der Waals surface area contributed by atoms with Gasteiger partial charge in [-0.25, -0.2) is 4.98 Å². The highest BCUT2D eigenvalue weighted by molar-refractivity contribution is 6.30. The summed E-state index contributed by atoms with van der Waals surface area (Å²) in [5.74, 6) is 0. The van der Waals surface area contributed by atoms with E-state index in [9.17, 15) is 0 Å². The quantitative estimate of drug-likeness (QED) is 0.704. The van der Waals surface area contributed by atoms with E-state index in [4.69, 9.17) is 11.6 Å². The molecule has 1 aromatic heterocycles. The van der Waals surface area contributed by atoms with E-state index in [0.29, 0.717) is 5.02 Å². The molecule has 0 aliphatic rings. The van der Waals surface area contributed by atoms with Crippen LogP contribution < -0.4 is 0 Å². The Balaban J connectivity index is 2.15. The monoisotopic (exact) mass is 206 g/mol. The molecule has 0 amide bonds. The molecule has 0 saturated heterocycles. The Morgan fingerprint density at radius 2 is 2.07 bits per heavy atom. The Morgan fingerprint density at radius 3 is 2.71 bits per heavy atom. The van der Waals surface area contributed by atoms with Crippen LogP contribution in [0.15, 0.2) is 42.0 Å². The maximum Gasteiger partial charge on any atom is 0.139 e. The number of benzene rings is 1. The van der Waals surface area contributed by atoms with Gasteiger partial charge < -0.3 is 0 Å². The zero-order valence-corrected chi connectivity index (χ0v) is 7.96. The van der Waals surface area contributed by atoms with Gasteiger partial charge in [0.15, 0.2) is 0 Å². The molecule has 70 valence electrons. The van der Waals surface area contributed by atoms with Crippen molar-refractivity contribution in [2.24, 2.45) is 5.10 Å². The molecular formula is C9H7ClN4. The minimum absolute atomic E-state index is 0.711. The topological polar surface area (TPSA) is 43.1 Å². The van der Waals surface area contributed by atoms with Crippen molar-refractivity contribution in [3.05, 3.63) is 47.5 Å². The van der Waals surface area contributed by atoms with E-state index >= 15 is 0 Å². The lowest BCUT2D eigenvalue weighted by molar-refractivity contribution is 0.743. The van der Waals surface area contributed by atoms with E-state index in [1.54, 1.807) is 6.21 Å². The third-order valence-corrected chi connectivity index (χ3v) is 1.85. The first-order valence-electron chi connectivity index (χ1n) is 3.99. The second-order valence-corrected chi connectivity index (χ2v) is 3.05. The molecule has 0 fully saturated rings. The first-order chi connectivity index (χ1) is 6.84. The Kier molecular flexibility index (Phi) is 2.55. The number of aromatic nitrogens is 3. The van der Waals surface area contributed by atoms with Crippen LogP contribution in [0.4, 0.5) is 0 Å². The van der Waals surface area contributed by atoms with Gasteiger partial charge in [-0.1, -0.05) is 23.7 Å². The largest absolute Gasteiger partial charge is 0.221 e. The number of hydrogen-bond acceptors (Lipinski definition) is 3. The molecule has 4 nitrogen and oxygen atoms in total. The van der Waals surface area contributed by atoms with Crippen LogP contribution in [0.2, 0.25) is 5.02 Å². The Bertz CT molecular complexity index is 419. The molecule has 0 bridgehead atoms. The van der Waals surface area contributed by atoms with Gasteiger partial charge in [-0.3, -0.25) is 0 Å². The van der Waals surface area contributed by atoms with Gasteiger partial charge in [0, 0.05) is 5.02 Å². The van der Waals surface area contributed by atoms with Crippen molar-refractivity contribution in [2.75, 3.05) is 0 Å². The van der Waals surface area contributed by atoms with Crippen LogP contribution in [0, 0.1) is 0 Å². The van der Waals surface area contributed by atoms with E-state index in [0.717, 1.165) is 5.56 Å². The smallest absolute Gasteiger partial charge is 0.139 e. The highest BCUT2D eigenvalue weighted by Gasteiger charge is 1.88. The zero-order chi connectivity index (χ0) is 9.80. The molecule has 0 radical (unpaired) electrons. The zero-order valence-electron chi connectivity index (χ0n) is 7.21. The SMILES string of the molecule is Clc1ccc(/C=N\n2cncn2)cc1. The molecule has 0 saturated carbocycles. The summed E-state index contributed by atoms with van der Waals surface area (Å²) in [4.78, 5) is 5.15. The van der Waals surface area contributed by atoms with Crippen LogP contribution in [0.5, 0.6) is 0 Å². The molecule has 2 aromatic rings. The van der Waals surface area contributed by atoms with Crippen LogP contribution in [0.1, 0.15) is 5.56 Å². The average Bonchev–Trinajstić information content (AvgIpc) is 2.70. The van der Waals surface area contributed by atoms with E-state index in [-0.39, 0.29) is 0 Å². The molecule has 0 aliphatic carbocycles. The lowest BCUT2D eigenvalue weighted by Crippen LogP contribution is -1.90. The first kappa shape index (κ1) is 8.90. The fourth-order valence-corrected chi connectivity index (χ4v) is 1.06. The third kappa shape index (κ3) is 2.17. The molecule has 0 atom stereocenters. The van der Waals surface area contributed by atoms with E-state index in [1.807, 2.05) is 24.3 Å². The van der Waals surface area contributed by atoms with Gasteiger partial charge in [-0.15, -0.1) is 9.89 Å². The van der Waals surface area contributed by atoms with Gasteiger partial charge in [0.1, 0.15) is 12.7 Å². The second-order valence-electron chi connectivity index (χ2n) is 2.61. The minimum Gasteiger partial charge on any atom is -0.221 e. The fourth-order valence-electron chi connectivity index (χ4n) is 0.936. The van der Waals surface area contributed by atoms with E-state index < -0.39 is 0 Å². The summed E-state index contributed by atoms with van der Waals surface area (Å²) < 4.78 is 0. The number of rotatable bonds is 2. The Morgan fingerprint density at radius 1 is 1.29 bits per heavy atom. The van der Waals surface area contributed by atoms with E-state index in [1.165, 1.54) is 17.4 Å². The summed E-state index contributed by atoms with van der Waals surface area (Å²) in [7, 11) is 0. The molecule has 0 spiro atoms. The van der Waals surface area contributed by atoms with Gasteiger partial charge in [0.25, 0.3) is 0 Å². The fraction of sp³-hybridized carbons (Fsp3) is 0. The van der Waals surface area contributed by atoms with Gasteiger partial charge in [-0.2, -0.15) is 5.10 Å². The molecule has 1 heterocycles. The van der Waals surface area contributed by atoms with Crippen molar-refractivity contribution >= 4 is 17.8 Å². The van der Waals surface area contributed by atoms with Crippen LogP contribution in [0.3, 0.4) is 0 Å². The van der Waals surface area contributed by atoms with Crippen LogP contribution in [0.25, 0.3) is 0 Å². The lowest BCUT2D eigenvalue weighted by Gasteiger charge is -1.92. The molecule has 0 aliphatic heterocycles. The number of hydrogen-bond donors (Lipinski definition) is 0. The maximum atomic E-state index is 5.74. The normalized spacial score (nSPS) is 10.9. The van der Waals surface area contributed by atoms with E-state index in [2.05, 4.69) is 15.2 Å². The summed E-state index contributed by atoms with van der Waals surface area (Å²) >= 11 is 5.74. The van der Waals surface area contributed by atoms with Crippen molar-refractivity contribution < 1.29 is 0 Å². The maximum absolute atomic E-state index is 5.74. The predicted octanol–water partition coefficient (Wildman–Crippen LogP) is 1.81. The molecule has 5 heteroatoms. The van der Waals surface area contributed by atoms with Crippen LogP contribution >= 0.6 is 11.6 Å². The van der Waals surface area contributed by atoms with Gasteiger partial charge in [0.05, 0.1) is 6.21 Å². The standard InChI is InChI=1S/C9H7ClN4/c10-9-3-1-8(2-4-9)5-12-14-7-11-6-13-14/h1-7H/b12-5-. The molecule has 0 N–H and O–H groups in total. The third-order valence-electron chi connectivity index (χ3n) is 1.60. The first-order valence-corrected chi connectivity index (χ1v) is 4.37. The summed E-state index contributed by atoms with van der Waals surface area (Å²) in [6, 6.07) is 7.38. The van der Waals surface area contributed by atoms with Gasteiger partial charge in [0.2, 0.25) is 0 Å². The predicted molar refractivity (Wildman–Crippen MR) is 54.5 cm³/mol. The van der Waals surface area contributed by atoms with Crippen molar-refractivity contribution in [2.45, 2.75) is 0 Å². The number of nitrogens with zero attached hydrogens (tertiary/aromatic N) is 4. The molecule has 2 rings (SSSR count). The van der Waals surface area contributed by atoms with Crippen molar-refractivity contribution in [3.8, 4) is 0 Å². The second kappa shape index (κ2) is 4.02. The van der Waals surface area contributed by atoms with Crippen LogP contribution in [-0.2, 0) is 0 Å². The highest BCUT2D eigenvalue weighted by atomic mass is 35.5. The molecular weight excluding hydrogens is 200 g/mol. The Labute approximate surface area is 85.8 Å². The van der Waals surface area contributed by atoms with Gasteiger partial charge in [-0.05, 0) is 17.7 Å². The summed E-state index contributed by atoms with van der Waals surface area (Å²) in [6.45, 7) is 0. The van der Waals surface area contributed by atoms with Gasteiger partial charge >= 0.3 is 0 Å². The van der Waals surface area contributed by atoms with Crippen LogP contribution in [-0.4, -0.2) is 21.1 Å². The Hall–Kier alpha value is -1.68. The molecule has 1 aromatic carbocycles. The average molecular weight is 207 g/mol.